The van der Waals surface area contributed by atoms with E-state index in [4.69, 9.17) is 9.47 Å². The summed E-state index contributed by atoms with van der Waals surface area (Å²) in [4.78, 5) is 8.21. The molecule has 0 bridgehead atoms. The summed E-state index contributed by atoms with van der Waals surface area (Å²) in [5.41, 5.74) is 1.87. The second-order valence-corrected chi connectivity index (χ2v) is 8.80. The van der Waals surface area contributed by atoms with Crippen molar-refractivity contribution in [1.82, 2.24) is 14.3 Å². The first-order valence-electron chi connectivity index (χ1n) is 9.20. The number of ether oxygens (including phenoxy) is 2. The number of para-hydroxylation sites is 2. The number of rotatable bonds is 5. The molecule has 8 heteroatoms. The van der Waals surface area contributed by atoms with Crippen molar-refractivity contribution in [1.29, 1.82) is 0 Å². The Morgan fingerprint density at radius 2 is 1.89 bits per heavy atom. The molecule has 2 heterocycles. The van der Waals surface area contributed by atoms with E-state index in [1.54, 1.807) is 12.1 Å². The minimum atomic E-state index is -3.63. The van der Waals surface area contributed by atoms with E-state index in [1.165, 1.54) is 24.6 Å². The number of H-pyrrole nitrogens is 1. The summed E-state index contributed by atoms with van der Waals surface area (Å²) >= 11 is 0. The Bertz CT molecular complexity index is 1060. The monoisotopic (exact) mass is 401 g/mol. The summed E-state index contributed by atoms with van der Waals surface area (Å²) in [6.07, 6.45) is 1.69. The Morgan fingerprint density at radius 3 is 2.64 bits per heavy atom. The summed E-state index contributed by atoms with van der Waals surface area (Å²) in [7, 11) is -0.619. The van der Waals surface area contributed by atoms with Crippen molar-refractivity contribution in [3.63, 3.8) is 0 Å². The fourth-order valence-electron chi connectivity index (χ4n) is 3.68. The third kappa shape index (κ3) is 3.33. The lowest BCUT2D eigenvalue weighted by atomic mass is 9.99. The number of hydrogen-bond donors (Lipinski definition) is 1. The van der Waals surface area contributed by atoms with Crippen LogP contribution in [0.15, 0.2) is 47.4 Å². The normalized spacial score (nSPS) is 18.3. The molecule has 0 radical (unpaired) electrons. The zero-order valence-corrected chi connectivity index (χ0v) is 16.7. The van der Waals surface area contributed by atoms with E-state index < -0.39 is 10.0 Å². The number of hydrogen-bond acceptors (Lipinski definition) is 5. The second kappa shape index (κ2) is 7.44. The predicted octanol–water partition coefficient (Wildman–Crippen LogP) is 3.15. The number of benzene rings is 2. The van der Waals surface area contributed by atoms with Gasteiger partial charge in [0.25, 0.3) is 0 Å². The molecule has 0 unspecified atom stereocenters. The molecule has 1 saturated heterocycles. The molecule has 0 aliphatic carbocycles. The molecule has 148 valence electrons. The van der Waals surface area contributed by atoms with Crippen LogP contribution in [-0.2, 0) is 10.0 Å². The molecule has 28 heavy (non-hydrogen) atoms. The maximum atomic E-state index is 13.2. The summed E-state index contributed by atoms with van der Waals surface area (Å²) in [5, 5.41) is 0. The molecular formula is C20H23N3O4S. The van der Waals surface area contributed by atoms with Gasteiger partial charge in [-0.2, -0.15) is 4.31 Å². The number of sulfonamides is 1. The summed E-state index contributed by atoms with van der Waals surface area (Å²) in [6.45, 7) is 0.893. The lowest BCUT2D eigenvalue weighted by Gasteiger charge is -2.31. The maximum absolute atomic E-state index is 13.2. The van der Waals surface area contributed by atoms with Gasteiger partial charge in [-0.3, -0.25) is 0 Å². The lowest BCUT2D eigenvalue weighted by molar-refractivity contribution is 0.310. The zero-order valence-electron chi connectivity index (χ0n) is 15.9. The molecule has 4 rings (SSSR count). The topological polar surface area (TPSA) is 84.5 Å². The molecule has 1 atom stereocenters. The van der Waals surface area contributed by atoms with Crippen LogP contribution in [0.2, 0.25) is 0 Å². The number of nitrogens with zero attached hydrogens (tertiary/aromatic N) is 2. The average Bonchev–Trinajstić information content (AvgIpc) is 3.17. The van der Waals surface area contributed by atoms with Gasteiger partial charge in [0.2, 0.25) is 10.0 Å². The van der Waals surface area contributed by atoms with Crippen LogP contribution in [0.5, 0.6) is 11.5 Å². The highest BCUT2D eigenvalue weighted by molar-refractivity contribution is 7.89. The first-order valence-corrected chi connectivity index (χ1v) is 10.6. The molecule has 7 nitrogen and oxygen atoms in total. The minimum absolute atomic E-state index is 0.0380. The van der Waals surface area contributed by atoms with Gasteiger partial charge in [-0.1, -0.05) is 12.1 Å². The minimum Gasteiger partial charge on any atom is -0.493 e. The fraction of sp³-hybridized carbons (Fsp3) is 0.350. The number of nitrogens with one attached hydrogen (secondary N) is 1. The molecule has 0 saturated carbocycles. The molecule has 3 aromatic rings. The third-order valence-corrected chi connectivity index (χ3v) is 7.03. The number of fused-ring (bicyclic) bond motifs is 1. The van der Waals surface area contributed by atoms with E-state index in [2.05, 4.69) is 9.97 Å². The Hall–Kier alpha value is -2.58. The largest absolute Gasteiger partial charge is 0.493 e. The van der Waals surface area contributed by atoms with Gasteiger partial charge in [0.05, 0.1) is 30.1 Å². The van der Waals surface area contributed by atoms with Crippen LogP contribution in [0.3, 0.4) is 0 Å². The van der Waals surface area contributed by atoms with Crippen LogP contribution in [-0.4, -0.2) is 50.0 Å². The van der Waals surface area contributed by atoms with E-state index >= 15 is 0 Å². The van der Waals surface area contributed by atoms with Gasteiger partial charge in [0.1, 0.15) is 5.82 Å². The number of piperidine rings is 1. The smallest absolute Gasteiger partial charge is 0.243 e. The van der Waals surface area contributed by atoms with E-state index in [0.29, 0.717) is 24.6 Å². The van der Waals surface area contributed by atoms with Gasteiger partial charge in [-0.15, -0.1) is 0 Å². The molecule has 1 aliphatic heterocycles. The standard InChI is InChI=1S/C20H23N3O4S/c1-26-18-10-9-15(12-19(18)27-2)28(24,25)23-11-5-6-14(13-23)20-21-16-7-3-4-8-17(16)22-20/h3-4,7-10,12,14H,5-6,11,13H2,1-2H3,(H,21,22)/t14-/m0/s1. The Kier molecular flexibility index (Phi) is 4.99. The third-order valence-electron chi connectivity index (χ3n) is 5.17. The highest BCUT2D eigenvalue weighted by atomic mass is 32.2. The second-order valence-electron chi connectivity index (χ2n) is 6.86. The van der Waals surface area contributed by atoms with E-state index in [9.17, 15) is 8.42 Å². The number of methoxy groups -OCH3 is 2. The summed E-state index contributed by atoms with van der Waals surface area (Å²) in [6, 6.07) is 12.5. The van der Waals surface area contributed by atoms with Gasteiger partial charge < -0.3 is 14.5 Å². The molecule has 1 aliphatic rings. The van der Waals surface area contributed by atoms with Crippen molar-refractivity contribution in [3.05, 3.63) is 48.3 Å². The van der Waals surface area contributed by atoms with Crippen molar-refractivity contribution < 1.29 is 17.9 Å². The van der Waals surface area contributed by atoms with Crippen LogP contribution >= 0.6 is 0 Å². The highest BCUT2D eigenvalue weighted by Gasteiger charge is 2.32. The van der Waals surface area contributed by atoms with Crippen LogP contribution in [0.25, 0.3) is 11.0 Å². The van der Waals surface area contributed by atoms with E-state index in [0.717, 1.165) is 29.7 Å². The van der Waals surface area contributed by atoms with Crippen molar-refractivity contribution in [2.75, 3.05) is 27.3 Å². The molecule has 1 aromatic heterocycles. The van der Waals surface area contributed by atoms with Crippen molar-refractivity contribution in [2.24, 2.45) is 0 Å². The van der Waals surface area contributed by atoms with Crippen LogP contribution < -0.4 is 9.47 Å². The van der Waals surface area contributed by atoms with Crippen LogP contribution in [0.1, 0.15) is 24.6 Å². The molecule has 2 aromatic carbocycles. The van der Waals surface area contributed by atoms with Crippen LogP contribution in [0, 0.1) is 0 Å². The molecular weight excluding hydrogens is 378 g/mol. The van der Waals surface area contributed by atoms with Gasteiger partial charge >= 0.3 is 0 Å². The first-order chi connectivity index (χ1) is 13.5. The molecule has 0 amide bonds. The molecule has 1 fully saturated rings. The summed E-state index contributed by atoms with van der Waals surface area (Å²) in [5.74, 6) is 1.78. The van der Waals surface area contributed by atoms with Gasteiger partial charge in [0.15, 0.2) is 11.5 Å². The number of aromatic nitrogens is 2. The maximum Gasteiger partial charge on any atom is 0.243 e. The van der Waals surface area contributed by atoms with E-state index in [-0.39, 0.29) is 10.8 Å². The predicted molar refractivity (Wildman–Crippen MR) is 106 cm³/mol. The van der Waals surface area contributed by atoms with Crippen molar-refractivity contribution in [2.45, 2.75) is 23.7 Å². The highest BCUT2D eigenvalue weighted by Crippen LogP contribution is 2.33. The van der Waals surface area contributed by atoms with E-state index in [1.807, 2.05) is 24.3 Å². The number of aromatic amines is 1. The Morgan fingerprint density at radius 1 is 1.11 bits per heavy atom. The molecule has 1 N–H and O–H groups in total. The zero-order chi connectivity index (χ0) is 19.7. The fourth-order valence-corrected chi connectivity index (χ4v) is 5.22. The lowest BCUT2D eigenvalue weighted by Crippen LogP contribution is -2.39. The molecule has 0 spiro atoms. The first kappa shape index (κ1) is 18.8. The van der Waals surface area contributed by atoms with Crippen LogP contribution in [0.4, 0.5) is 0 Å². The Balaban J connectivity index is 1.61. The summed E-state index contributed by atoms with van der Waals surface area (Å²) < 4.78 is 38.4. The number of imidazole rings is 1. The van der Waals surface area contributed by atoms with Gasteiger partial charge in [-0.05, 0) is 37.1 Å². The van der Waals surface area contributed by atoms with Gasteiger partial charge in [0, 0.05) is 25.1 Å². The Labute approximate surface area is 164 Å². The van der Waals surface area contributed by atoms with Gasteiger partial charge in [-0.25, -0.2) is 13.4 Å². The van der Waals surface area contributed by atoms with Crippen molar-refractivity contribution >= 4 is 21.1 Å². The quantitative estimate of drug-likeness (QED) is 0.710. The van der Waals surface area contributed by atoms with Crippen molar-refractivity contribution in [3.8, 4) is 11.5 Å². The SMILES string of the molecule is COc1ccc(S(=O)(=O)N2CCC[C@H](c3nc4ccccc4[nH]3)C2)cc1OC. The average molecular weight is 401 g/mol.